The molecule has 1 aliphatic heterocycles. The largest absolute Gasteiger partial charge is 0.488 e. The van der Waals surface area contributed by atoms with Crippen LogP contribution in [-0.2, 0) is 0 Å². The van der Waals surface area contributed by atoms with Crippen molar-refractivity contribution in [3.8, 4) is 5.75 Å². The monoisotopic (exact) mass is 295 g/mol. The van der Waals surface area contributed by atoms with Gasteiger partial charge in [-0.05, 0) is 32.0 Å². The maximum atomic E-state index is 6.30. The highest BCUT2D eigenvalue weighted by Crippen LogP contribution is 2.39. The highest BCUT2D eigenvalue weighted by molar-refractivity contribution is 6.39. The molecule has 3 rings (SSSR count). The van der Waals surface area contributed by atoms with Crippen LogP contribution >= 0.6 is 23.2 Å². The first kappa shape index (κ1) is 13.0. The Bertz CT molecular complexity index is 594. The summed E-state index contributed by atoms with van der Waals surface area (Å²) < 4.78 is 6.12. The third kappa shape index (κ3) is 2.66. The van der Waals surface area contributed by atoms with Gasteiger partial charge in [0.05, 0.1) is 10.0 Å². The van der Waals surface area contributed by atoms with Crippen LogP contribution in [0.25, 0.3) is 10.8 Å². The molecule has 2 aromatic carbocycles. The highest BCUT2D eigenvalue weighted by atomic mass is 35.5. The molecule has 1 heterocycles. The van der Waals surface area contributed by atoms with Crippen LogP contribution in [0.1, 0.15) is 12.8 Å². The predicted molar refractivity (Wildman–Crippen MR) is 80.5 cm³/mol. The Kier molecular flexibility index (Phi) is 3.83. The molecule has 0 aliphatic carbocycles. The van der Waals surface area contributed by atoms with Gasteiger partial charge in [0.2, 0.25) is 0 Å². The molecule has 100 valence electrons. The second-order valence-electron chi connectivity index (χ2n) is 4.78. The fourth-order valence-corrected chi connectivity index (χ4v) is 3.06. The van der Waals surface area contributed by atoms with E-state index in [0.29, 0.717) is 10.0 Å². The van der Waals surface area contributed by atoms with Gasteiger partial charge in [0.1, 0.15) is 11.9 Å². The average molecular weight is 296 g/mol. The van der Waals surface area contributed by atoms with E-state index in [0.717, 1.165) is 42.5 Å². The molecule has 2 aromatic rings. The fourth-order valence-electron chi connectivity index (χ4n) is 2.47. The average Bonchev–Trinajstić information content (AvgIpc) is 2.45. The maximum absolute atomic E-state index is 6.30. The van der Waals surface area contributed by atoms with E-state index in [1.807, 2.05) is 24.3 Å². The van der Waals surface area contributed by atoms with E-state index in [-0.39, 0.29) is 6.10 Å². The van der Waals surface area contributed by atoms with Crippen molar-refractivity contribution in [2.24, 2.45) is 0 Å². The number of hydrogen-bond donors (Lipinski definition) is 1. The summed E-state index contributed by atoms with van der Waals surface area (Å²) in [6, 6.07) is 9.70. The van der Waals surface area contributed by atoms with Crippen molar-refractivity contribution < 1.29 is 4.74 Å². The first-order chi connectivity index (χ1) is 9.25. The molecule has 0 aromatic heterocycles. The third-order valence-electron chi connectivity index (χ3n) is 3.47. The Hall–Kier alpha value is -0.960. The zero-order valence-corrected chi connectivity index (χ0v) is 12.0. The smallest absolute Gasteiger partial charge is 0.146 e. The van der Waals surface area contributed by atoms with Gasteiger partial charge in [-0.15, -0.1) is 0 Å². The van der Waals surface area contributed by atoms with E-state index in [1.54, 1.807) is 6.07 Å². The van der Waals surface area contributed by atoms with Crippen molar-refractivity contribution in [1.82, 2.24) is 5.32 Å². The van der Waals surface area contributed by atoms with Crippen molar-refractivity contribution in [2.75, 3.05) is 13.1 Å². The summed E-state index contributed by atoms with van der Waals surface area (Å²) in [7, 11) is 0. The van der Waals surface area contributed by atoms with Crippen molar-refractivity contribution in [1.29, 1.82) is 0 Å². The number of fused-ring (bicyclic) bond motifs is 1. The molecule has 19 heavy (non-hydrogen) atoms. The summed E-state index contributed by atoms with van der Waals surface area (Å²) in [5.74, 6) is 0.758. The normalized spacial score (nSPS) is 16.7. The molecular formula is C15H15Cl2NO. The molecule has 0 amide bonds. The van der Waals surface area contributed by atoms with Crippen molar-refractivity contribution in [2.45, 2.75) is 18.9 Å². The molecule has 0 atom stereocenters. The molecule has 1 saturated heterocycles. The number of nitrogens with one attached hydrogen (secondary N) is 1. The van der Waals surface area contributed by atoms with Gasteiger partial charge in [0.25, 0.3) is 0 Å². The van der Waals surface area contributed by atoms with E-state index in [9.17, 15) is 0 Å². The zero-order chi connectivity index (χ0) is 13.2. The van der Waals surface area contributed by atoms with Crippen LogP contribution in [0.5, 0.6) is 5.75 Å². The minimum Gasteiger partial charge on any atom is -0.488 e. The van der Waals surface area contributed by atoms with Gasteiger partial charge >= 0.3 is 0 Å². The molecule has 0 unspecified atom stereocenters. The second kappa shape index (κ2) is 5.58. The lowest BCUT2D eigenvalue weighted by atomic mass is 10.1. The lowest BCUT2D eigenvalue weighted by Gasteiger charge is -2.25. The Balaban J connectivity index is 2.01. The van der Waals surface area contributed by atoms with Crippen LogP contribution in [0, 0.1) is 0 Å². The molecule has 1 fully saturated rings. The molecule has 0 spiro atoms. The summed E-state index contributed by atoms with van der Waals surface area (Å²) in [6.07, 6.45) is 2.24. The lowest BCUT2D eigenvalue weighted by Crippen LogP contribution is -2.34. The number of benzene rings is 2. The number of halogens is 2. The van der Waals surface area contributed by atoms with Crippen LogP contribution in [0.15, 0.2) is 30.3 Å². The Morgan fingerprint density at radius 1 is 1.00 bits per heavy atom. The zero-order valence-electron chi connectivity index (χ0n) is 10.5. The quantitative estimate of drug-likeness (QED) is 0.893. The van der Waals surface area contributed by atoms with Gasteiger partial charge < -0.3 is 10.1 Å². The number of ether oxygens (including phenoxy) is 1. The van der Waals surface area contributed by atoms with Crippen LogP contribution in [-0.4, -0.2) is 19.2 Å². The van der Waals surface area contributed by atoms with Crippen LogP contribution in [0.4, 0.5) is 0 Å². The minimum absolute atomic E-state index is 0.225. The summed E-state index contributed by atoms with van der Waals surface area (Å²) in [6.45, 7) is 1.99. The molecule has 0 radical (unpaired) electrons. The van der Waals surface area contributed by atoms with Crippen LogP contribution < -0.4 is 10.1 Å². The molecule has 1 N–H and O–H groups in total. The van der Waals surface area contributed by atoms with Gasteiger partial charge in [-0.3, -0.25) is 0 Å². The molecule has 0 saturated carbocycles. The standard InChI is InChI=1S/C15H15Cl2NO/c16-13-9-14(17)15(12-4-2-1-3-11(12)13)19-10-5-7-18-8-6-10/h1-4,9-10,18H,5-8H2. The molecule has 4 heteroatoms. The van der Waals surface area contributed by atoms with E-state index in [2.05, 4.69) is 5.32 Å². The first-order valence-electron chi connectivity index (χ1n) is 6.50. The summed E-state index contributed by atoms with van der Waals surface area (Å²) >= 11 is 12.5. The van der Waals surface area contributed by atoms with Gasteiger partial charge in [-0.2, -0.15) is 0 Å². The fraction of sp³-hybridized carbons (Fsp3) is 0.333. The summed E-state index contributed by atoms with van der Waals surface area (Å²) in [4.78, 5) is 0. The Labute approximate surface area is 122 Å². The SMILES string of the molecule is Clc1cc(Cl)c2ccccc2c1OC1CCNCC1. The number of rotatable bonds is 2. The maximum Gasteiger partial charge on any atom is 0.146 e. The van der Waals surface area contributed by atoms with E-state index >= 15 is 0 Å². The van der Waals surface area contributed by atoms with Gasteiger partial charge in [0, 0.05) is 10.8 Å². The van der Waals surface area contributed by atoms with Crippen molar-refractivity contribution in [3.63, 3.8) is 0 Å². The Morgan fingerprint density at radius 3 is 2.42 bits per heavy atom. The molecule has 0 bridgehead atoms. The van der Waals surface area contributed by atoms with Crippen molar-refractivity contribution >= 4 is 34.0 Å². The minimum atomic E-state index is 0.225. The first-order valence-corrected chi connectivity index (χ1v) is 7.25. The molecule has 1 aliphatic rings. The molecule has 2 nitrogen and oxygen atoms in total. The van der Waals surface area contributed by atoms with E-state index in [4.69, 9.17) is 27.9 Å². The second-order valence-corrected chi connectivity index (χ2v) is 5.60. The highest BCUT2D eigenvalue weighted by Gasteiger charge is 2.18. The predicted octanol–water partition coefficient (Wildman–Crippen LogP) is 4.28. The van der Waals surface area contributed by atoms with Gasteiger partial charge in [-0.1, -0.05) is 47.5 Å². The number of piperidine rings is 1. The third-order valence-corrected chi connectivity index (χ3v) is 4.06. The van der Waals surface area contributed by atoms with E-state index in [1.165, 1.54) is 0 Å². The lowest BCUT2D eigenvalue weighted by molar-refractivity contribution is 0.165. The van der Waals surface area contributed by atoms with Gasteiger partial charge in [0.15, 0.2) is 0 Å². The van der Waals surface area contributed by atoms with Crippen LogP contribution in [0.2, 0.25) is 10.0 Å². The van der Waals surface area contributed by atoms with Crippen LogP contribution in [0.3, 0.4) is 0 Å². The molecular weight excluding hydrogens is 281 g/mol. The van der Waals surface area contributed by atoms with Crippen molar-refractivity contribution in [3.05, 3.63) is 40.4 Å². The summed E-state index contributed by atoms with van der Waals surface area (Å²) in [5, 5.41) is 6.55. The summed E-state index contributed by atoms with van der Waals surface area (Å²) in [5.41, 5.74) is 0. The van der Waals surface area contributed by atoms with E-state index < -0.39 is 0 Å². The number of hydrogen-bond acceptors (Lipinski definition) is 2. The topological polar surface area (TPSA) is 21.3 Å². The van der Waals surface area contributed by atoms with Gasteiger partial charge in [-0.25, -0.2) is 0 Å². The Morgan fingerprint density at radius 2 is 1.68 bits per heavy atom.